The Morgan fingerprint density at radius 3 is 2.63 bits per heavy atom. The zero-order chi connectivity index (χ0) is 21.8. The summed E-state index contributed by atoms with van der Waals surface area (Å²) < 4.78 is 2.16. The number of nitrogens with one attached hydrogen (secondary N) is 2. The second kappa shape index (κ2) is 9.43. The Morgan fingerprint density at radius 2 is 2.03 bits per heavy atom. The summed E-state index contributed by atoms with van der Waals surface area (Å²) in [4.78, 5) is 38.1. The minimum absolute atomic E-state index is 0.0853. The number of pyridine rings is 1. The van der Waals surface area contributed by atoms with Gasteiger partial charge < -0.3 is 15.2 Å². The summed E-state index contributed by atoms with van der Waals surface area (Å²) in [6.45, 7) is 4.55. The van der Waals surface area contributed by atoms with Crippen LogP contribution in [0, 0.1) is 23.2 Å². The number of hydrogen-bond acceptors (Lipinski definition) is 4. The van der Waals surface area contributed by atoms with Crippen molar-refractivity contribution in [2.75, 3.05) is 6.54 Å². The van der Waals surface area contributed by atoms with Crippen molar-refractivity contribution in [2.45, 2.75) is 45.2 Å². The molecule has 1 aliphatic heterocycles. The van der Waals surface area contributed by atoms with E-state index >= 15 is 0 Å². The number of nitriles is 1. The second-order valence-corrected chi connectivity index (χ2v) is 8.94. The lowest BCUT2D eigenvalue weighted by atomic mass is 9.98. The van der Waals surface area contributed by atoms with Crippen molar-refractivity contribution in [2.24, 2.45) is 11.8 Å². The minimum Gasteiger partial charge on any atom is -0.356 e. The first-order valence-corrected chi connectivity index (χ1v) is 10.9. The van der Waals surface area contributed by atoms with Crippen molar-refractivity contribution in [3.63, 3.8) is 0 Å². The van der Waals surface area contributed by atoms with E-state index in [1.807, 2.05) is 26.0 Å². The molecule has 158 valence electrons. The molecule has 2 amide bonds. The number of halogens is 1. The van der Waals surface area contributed by atoms with Gasteiger partial charge in [-0.1, -0.05) is 32.0 Å². The molecule has 30 heavy (non-hydrogen) atoms. The van der Waals surface area contributed by atoms with Gasteiger partial charge in [-0.2, -0.15) is 5.26 Å². The van der Waals surface area contributed by atoms with E-state index in [4.69, 9.17) is 0 Å². The average Bonchev–Trinajstić information content (AvgIpc) is 3.12. The van der Waals surface area contributed by atoms with E-state index in [0.29, 0.717) is 24.8 Å². The molecule has 0 aliphatic carbocycles. The molecule has 0 unspecified atom stereocenters. The Hall–Kier alpha value is -2.66. The molecule has 0 bridgehead atoms. The van der Waals surface area contributed by atoms with Crippen molar-refractivity contribution in [3.8, 4) is 6.07 Å². The fourth-order valence-electron chi connectivity index (χ4n) is 3.86. The monoisotopic (exact) mass is 472 g/mol. The highest BCUT2D eigenvalue weighted by atomic mass is 79.9. The van der Waals surface area contributed by atoms with E-state index in [1.54, 1.807) is 18.3 Å². The van der Waals surface area contributed by atoms with Gasteiger partial charge in [-0.3, -0.25) is 14.4 Å². The van der Waals surface area contributed by atoms with Gasteiger partial charge in [0.05, 0.1) is 6.07 Å². The number of rotatable bonds is 7. The van der Waals surface area contributed by atoms with Gasteiger partial charge in [0.15, 0.2) is 0 Å². The summed E-state index contributed by atoms with van der Waals surface area (Å²) in [6, 6.07) is 7.76. The summed E-state index contributed by atoms with van der Waals surface area (Å²) in [7, 11) is 0. The predicted molar refractivity (Wildman–Crippen MR) is 118 cm³/mol. The van der Waals surface area contributed by atoms with Crippen LogP contribution in [0.2, 0.25) is 0 Å². The molecule has 0 spiro atoms. The van der Waals surface area contributed by atoms with Gasteiger partial charge in [0, 0.05) is 33.9 Å². The van der Waals surface area contributed by atoms with Crippen LogP contribution in [0.3, 0.4) is 0 Å². The number of carbonyl (C=O) groups is 2. The molecule has 1 saturated heterocycles. The maximum atomic E-state index is 13.2. The highest BCUT2D eigenvalue weighted by Gasteiger charge is 2.30. The molecule has 2 heterocycles. The van der Waals surface area contributed by atoms with Crippen molar-refractivity contribution in [1.29, 1.82) is 5.26 Å². The lowest BCUT2D eigenvalue weighted by molar-refractivity contribution is -0.126. The standard InChI is InChI=1S/C22H25BrN4O3/c1-13(2)9-19(21(29)26-15(11-24)10-14-7-8-25-20(14)28)27-12-18(23)16-5-3-4-6-17(16)22(27)30/h3-6,12-15,19H,7-10H2,1-2H3,(H,25,28)(H,26,29)/t14-,15-,19-/m0/s1. The minimum atomic E-state index is -0.791. The molecule has 7 nitrogen and oxygen atoms in total. The van der Waals surface area contributed by atoms with Crippen LogP contribution in [0.25, 0.3) is 10.8 Å². The van der Waals surface area contributed by atoms with Crippen LogP contribution in [-0.4, -0.2) is 29.0 Å². The molecule has 1 aromatic carbocycles. The maximum Gasteiger partial charge on any atom is 0.259 e. The summed E-state index contributed by atoms with van der Waals surface area (Å²) in [5.74, 6) is -0.606. The summed E-state index contributed by atoms with van der Waals surface area (Å²) in [5, 5.41) is 16.3. The molecule has 8 heteroatoms. The molecule has 0 saturated carbocycles. The van der Waals surface area contributed by atoms with E-state index in [9.17, 15) is 19.6 Å². The highest BCUT2D eigenvalue weighted by Crippen LogP contribution is 2.25. The van der Waals surface area contributed by atoms with Gasteiger partial charge in [0.1, 0.15) is 12.1 Å². The third-order valence-electron chi connectivity index (χ3n) is 5.39. The van der Waals surface area contributed by atoms with Gasteiger partial charge in [0.25, 0.3) is 5.56 Å². The Morgan fingerprint density at radius 1 is 1.33 bits per heavy atom. The molecule has 0 radical (unpaired) electrons. The third-order valence-corrected chi connectivity index (χ3v) is 6.02. The van der Waals surface area contributed by atoms with E-state index in [-0.39, 0.29) is 29.7 Å². The molecule has 3 rings (SSSR count). The van der Waals surface area contributed by atoms with E-state index in [0.717, 1.165) is 9.86 Å². The molecule has 2 N–H and O–H groups in total. The van der Waals surface area contributed by atoms with Crippen molar-refractivity contribution in [1.82, 2.24) is 15.2 Å². The molecule has 1 fully saturated rings. The third kappa shape index (κ3) is 4.73. The first-order valence-electron chi connectivity index (χ1n) is 10.1. The topological polar surface area (TPSA) is 104 Å². The zero-order valence-electron chi connectivity index (χ0n) is 17.0. The van der Waals surface area contributed by atoms with Crippen molar-refractivity contribution < 1.29 is 9.59 Å². The quantitative estimate of drug-likeness (QED) is 0.646. The number of carbonyl (C=O) groups excluding carboxylic acids is 2. The maximum absolute atomic E-state index is 13.2. The smallest absolute Gasteiger partial charge is 0.259 e. The van der Waals surface area contributed by atoms with Crippen LogP contribution >= 0.6 is 15.9 Å². The Bertz CT molecular complexity index is 1060. The molecule has 1 aliphatic rings. The fourth-order valence-corrected chi connectivity index (χ4v) is 4.42. The molecule has 1 aromatic heterocycles. The predicted octanol–water partition coefficient (Wildman–Crippen LogP) is 2.89. The van der Waals surface area contributed by atoms with E-state index < -0.39 is 18.0 Å². The number of nitrogens with zero attached hydrogens (tertiary/aromatic N) is 2. The van der Waals surface area contributed by atoms with E-state index in [2.05, 4.69) is 32.6 Å². The first-order chi connectivity index (χ1) is 14.3. The van der Waals surface area contributed by atoms with Crippen molar-refractivity contribution >= 4 is 38.5 Å². The molecular formula is C22H25BrN4O3. The Balaban J connectivity index is 1.90. The van der Waals surface area contributed by atoms with Crippen LogP contribution in [0.4, 0.5) is 0 Å². The largest absolute Gasteiger partial charge is 0.356 e. The van der Waals surface area contributed by atoms with Gasteiger partial charge in [-0.15, -0.1) is 0 Å². The summed E-state index contributed by atoms with van der Waals surface area (Å²) in [5.41, 5.74) is -0.252. The van der Waals surface area contributed by atoms with E-state index in [1.165, 1.54) is 4.57 Å². The number of aromatic nitrogens is 1. The van der Waals surface area contributed by atoms with Crippen LogP contribution < -0.4 is 16.2 Å². The van der Waals surface area contributed by atoms with Crippen molar-refractivity contribution in [3.05, 3.63) is 45.3 Å². The van der Waals surface area contributed by atoms with Gasteiger partial charge >= 0.3 is 0 Å². The molecular weight excluding hydrogens is 448 g/mol. The molecule has 3 atom stereocenters. The lowest BCUT2D eigenvalue weighted by Crippen LogP contribution is -2.43. The van der Waals surface area contributed by atoms with Gasteiger partial charge in [0.2, 0.25) is 11.8 Å². The Labute approximate surface area is 183 Å². The van der Waals surface area contributed by atoms with Crippen LogP contribution in [0.1, 0.15) is 39.2 Å². The fraction of sp³-hybridized carbons (Fsp3) is 0.455. The zero-order valence-corrected chi connectivity index (χ0v) is 18.6. The summed E-state index contributed by atoms with van der Waals surface area (Å²) >= 11 is 3.51. The lowest BCUT2D eigenvalue weighted by Gasteiger charge is -2.24. The molecule has 2 aromatic rings. The van der Waals surface area contributed by atoms with Gasteiger partial charge in [-0.25, -0.2) is 0 Å². The SMILES string of the molecule is CC(C)C[C@@H](C(=O)N[C@H](C#N)C[C@@H]1CCNC1=O)n1cc(Br)c2ccccc2c1=O. The summed E-state index contributed by atoms with van der Waals surface area (Å²) in [6.07, 6.45) is 3.00. The number of fused-ring (bicyclic) bond motifs is 1. The van der Waals surface area contributed by atoms with Crippen LogP contribution in [-0.2, 0) is 9.59 Å². The van der Waals surface area contributed by atoms with Gasteiger partial charge in [-0.05, 0) is 47.2 Å². The second-order valence-electron chi connectivity index (χ2n) is 8.08. The Kier molecular flexibility index (Phi) is 6.93. The van der Waals surface area contributed by atoms with Crippen LogP contribution in [0.5, 0.6) is 0 Å². The number of hydrogen-bond donors (Lipinski definition) is 2. The highest BCUT2D eigenvalue weighted by molar-refractivity contribution is 9.10. The normalized spacial score (nSPS) is 18.1. The average molecular weight is 473 g/mol. The number of amides is 2. The first kappa shape index (κ1) is 22.0. The van der Waals surface area contributed by atoms with Crippen LogP contribution in [0.15, 0.2) is 39.7 Å². The number of benzene rings is 1.